The van der Waals surface area contributed by atoms with Crippen LogP contribution in [0, 0.1) is 0 Å². The van der Waals surface area contributed by atoms with Gasteiger partial charge in [0.15, 0.2) is 0 Å². The molecule has 0 aliphatic rings. The topological polar surface area (TPSA) is 43.8 Å². The minimum atomic E-state index is 0.176. The van der Waals surface area contributed by atoms with Gasteiger partial charge in [0, 0.05) is 13.5 Å². The van der Waals surface area contributed by atoms with E-state index in [-0.39, 0.29) is 5.41 Å². The van der Waals surface area contributed by atoms with E-state index < -0.39 is 0 Å². The summed E-state index contributed by atoms with van der Waals surface area (Å²) in [5.74, 6) is 1.13. The fraction of sp³-hybridized carbons (Fsp3) is 0.533. The normalized spacial score (nSPS) is 12.3. The van der Waals surface area contributed by atoms with Gasteiger partial charge in [-0.1, -0.05) is 26.8 Å². The molecule has 0 aliphatic heterocycles. The number of benzene rings is 1. The second-order valence-electron chi connectivity index (χ2n) is 5.93. The lowest BCUT2D eigenvalue weighted by Crippen LogP contribution is -2.10. The van der Waals surface area contributed by atoms with E-state index in [1.807, 2.05) is 0 Å². The molecule has 2 N–H and O–H groups in total. The van der Waals surface area contributed by atoms with Gasteiger partial charge in [-0.3, -0.25) is 0 Å². The van der Waals surface area contributed by atoms with Crippen LogP contribution in [0.15, 0.2) is 18.2 Å². The average molecular weight is 245 g/mol. The van der Waals surface area contributed by atoms with Gasteiger partial charge in [-0.15, -0.1) is 0 Å². The molecule has 0 atom stereocenters. The second kappa shape index (κ2) is 4.73. The molecule has 1 heterocycles. The van der Waals surface area contributed by atoms with Gasteiger partial charge in [-0.2, -0.15) is 0 Å². The van der Waals surface area contributed by atoms with Gasteiger partial charge in [-0.05, 0) is 36.1 Å². The fourth-order valence-corrected chi connectivity index (χ4v) is 2.19. The molecule has 1 aromatic heterocycles. The Hall–Kier alpha value is -1.35. The molecule has 2 rings (SSSR count). The Balaban J connectivity index is 2.47. The molecule has 18 heavy (non-hydrogen) atoms. The zero-order valence-corrected chi connectivity index (χ0v) is 11.8. The summed E-state index contributed by atoms with van der Waals surface area (Å²) >= 11 is 0. The smallest absolute Gasteiger partial charge is 0.109 e. The van der Waals surface area contributed by atoms with Gasteiger partial charge in [0.2, 0.25) is 0 Å². The molecule has 3 nitrogen and oxygen atoms in total. The van der Waals surface area contributed by atoms with Gasteiger partial charge < -0.3 is 10.3 Å². The Morgan fingerprint density at radius 1 is 1.28 bits per heavy atom. The van der Waals surface area contributed by atoms with E-state index in [1.54, 1.807) is 0 Å². The van der Waals surface area contributed by atoms with Gasteiger partial charge in [0.25, 0.3) is 0 Å². The SMILES string of the molecule is Cn1c(CCCN)nc2ccc(C(C)(C)C)cc21. The van der Waals surface area contributed by atoms with Crippen LogP contribution in [0.5, 0.6) is 0 Å². The number of aryl methyl sites for hydroxylation is 2. The molecule has 0 fully saturated rings. The van der Waals surface area contributed by atoms with Crippen molar-refractivity contribution in [3.8, 4) is 0 Å². The summed E-state index contributed by atoms with van der Waals surface area (Å²) in [4.78, 5) is 4.68. The van der Waals surface area contributed by atoms with Gasteiger partial charge >= 0.3 is 0 Å². The standard InChI is InChI=1S/C15H23N3/c1-15(2,3)11-7-8-12-13(10-11)18(4)14(17-12)6-5-9-16/h7-8,10H,5-6,9,16H2,1-4H3. The van der Waals surface area contributed by atoms with Gasteiger partial charge in [0.1, 0.15) is 5.82 Å². The number of nitrogens with zero attached hydrogens (tertiary/aromatic N) is 2. The highest BCUT2D eigenvalue weighted by molar-refractivity contribution is 5.77. The molecule has 1 aromatic carbocycles. The van der Waals surface area contributed by atoms with E-state index in [0.717, 1.165) is 30.7 Å². The van der Waals surface area contributed by atoms with E-state index in [1.165, 1.54) is 11.1 Å². The Morgan fingerprint density at radius 3 is 2.61 bits per heavy atom. The summed E-state index contributed by atoms with van der Waals surface area (Å²) in [6, 6.07) is 6.57. The molecule has 0 aliphatic carbocycles. The van der Waals surface area contributed by atoms with Crippen molar-refractivity contribution >= 4 is 11.0 Å². The number of hydrogen-bond donors (Lipinski definition) is 1. The van der Waals surface area contributed by atoms with E-state index in [2.05, 4.69) is 55.6 Å². The number of fused-ring (bicyclic) bond motifs is 1. The molecule has 0 unspecified atom stereocenters. The number of rotatable bonds is 3. The van der Waals surface area contributed by atoms with Crippen LogP contribution in [0.4, 0.5) is 0 Å². The van der Waals surface area contributed by atoms with Crippen LogP contribution in [0.1, 0.15) is 38.6 Å². The maximum atomic E-state index is 5.56. The van der Waals surface area contributed by atoms with Crippen molar-refractivity contribution in [1.82, 2.24) is 9.55 Å². The van der Waals surface area contributed by atoms with Crippen molar-refractivity contribution in [2.75, 3.05) is 6.54 Å². The molecule has 0 spiro atoms. The highest BCUT2D eigenvalue weighted by atomic mass is 15.1. The molecule has 0 amide bonds. The van der Waals surface area contributed by atoms with Gasteiger partial charge in [0.05, 0.1) is 11.0 Å². The molecule has 2 aromatic rings. The number of aromatic nitrogens is 2. The number of imidazole rings is 1. The maximum Gasteiger partial charge on any atom is 0.109 e. The lowest BCUT2D eigenvalue weighted by molar-refractivity contribution is 0.590. The van der Waals surface area contributed by atoms with Crippen molar-refractivity contribution in [1.29, 1.82) is 0 Å². The first-order valence-corrected chi connectivity index (χ1v) is 6.59. The molecule has 98 valence electrons. The fourth-order valence-electron chi connectivity index (χ4n) is 2.19. The van der Waals surface area contributed by atoms with Crippen molar-refractivity contribution in [2.24, 2.45) is 12.8 Å². The van der Waals surface area contributed by atoms with Crippen LogP contribution >= 0.6 is 0 Å². The maximum absolute atomic E-state index is 5.56. The van der Waals surface area contributed by atoms with Crippen molar-refractivity contribution in [3.63, 3.8) is 0 Å². The molecule has 0 radical (unpaired) electrons. The zero-order valence-electron chi connectivity index (χ0n) is 11.8. The first-order chi connectivity index (χ1) is 8.43. The Bertz CT molecular complexity index is 547. The molecule has 0 saturated heterocycles. The summed E-state index contributed by atoms with van der Waals surface area (Å²) in [5.41, 5.74) is 9.39. The van der Waals surface area contributed by atoms with Crippen LogP contribution in [0.3, 0.4) is 0 Å². The summed E-state index contributed by atoms with van der Waals surface area (Å²) in [6.07, 6.45) is 1.94. The predicted molar refractivity (Wildman–Crippen MR) is 76.8 cm³/mol. The first kappa shape index (κ1) is 13.1. The van der Waals surface area contributed by atoms with Crippen LogP contribution in [0.2, 0.25) is 0 Å². The Labute approximate surface area is 109 Å². The quantitative estimate of drug-likeness (QED) is 0.903. The minimum absolute atomic E-state index is 0.176. The first-order valence-electron chi connectivity index (χ1n) is 6.59. The molecule has 3 heteroatoms. The molecule has 0 bridgehead atoms. The average Bonchev–Trinajstić information content (AvgIpc) is 2.62. The largest absolute Gasteiger partial charge is 0.331 e. The summed E-state index contributed by atoms with van der Waals surface area (Å²) in [6.45, 7) is 7.43. The molecular formula is C15H23N3. The zero-order chi connectivity index (χ0) is 13.3. The van der Waals surface area contributed by atoms with E-state index in [9.17, 15) is 0 Å². The minimum Gasteiger partial charge on any atom is -0.331 e. The Kier molecular flexibility index (Phi) is 3.44. The third-order valence-corrected chi connectivity index (χ3v) is 3.44. The van der Waals surface area contributed by atoms with Crippen LogP contribution in [0.25, 0.3) is 11.0 Å². The van der Waals surface area contributed by atoms with Crippen molar-refractivity contribution < 1.29 is 0 Å². The lowest BCUT2D eigenvalue weighted by atomic mass is 9.87. The highest BCUT2D eigenvalue weighted by Crippen LogP contribution is 2.26. The van der Waals surface area contributed by atoms with E-state index in [0.29, 0.717) is 0 Å². The Morgan fingerprint density at radius 2 is 2.00 bits per heavy atom. The molecular weight excluding hydrogens is 222 g/mol. The van der Waals surface area contributed by atoms with Crippen molar-refractivity contribution in [2.45, 2.75) is 39.0 Å². The monoisotopic (exact) mass is 245 g/mol. The lowest BCUT2D eigenvalue weighted by Gasteiger charge is -2.18. The van der Waals surface area contributed by atoms with E-state index in [4.69, 9.17) is 5.73 Å². The highest BCUT2D eigenvalue weighted by Gasteiger charge is 2.16. The van der Waals surface area contributed by atoms with Crippen LogP contribution in [-0.4, -0.2) is 16.1 Å². The third-order valence-electron chi connectivity index (χ3n) is 3.44. The number of nitrogens with two attached hydrogens (primary N) is 1. The van der Waals surface area contributed by atoms with Crippen LogP contribution in [-0.2, 0) is 18.9 Å². The van der Waals surface area contributed by atoms with Crippen molar-refractivity contribution in [3.05, 3.63) is 29.6 Å². The van der Waals surface area contributed by atoms with Crippen LogP contribution < -0.4 is 5.73 Å². The summed E-state index contributed by atoms with van der Waals surface area (Å²) in [5, 5.41) is 0. The number of hydrogen-bond acceptors (Lipinski definition) is 2. The summed E-state index contributed by atoms with van der Waals surface area (Å²) in [7, 11) is 2.09. The van der Waals surface area contributed by atoms with Gasteiger partial charge in [-0.25, -0.2) is 4.98 Å². The predicted octanol–water partition coefficient (Wildman–Crippen LogP) is 2.76. The third kappa shape index (κ3) is 2.41. The molecule has 0 saturated carbocycles. The second-order valence-corrected chi connectivity index (χ2v) is 5.93. The summed E-state index contributed by atoms with van der Waals surface area (Å²) < 4.78 is 2.19. The van der Waals surface area contributed by atoms with E-state index >= 15 is 0 Å².